The van der Waals surface area contributed by atoms with E-state index in [0.29, 0.717) is 12.0 Å². The molecule has 1 aliphatic rings. The lowest BCUT2D eigenvalue weighted by atomic mass is 10.00. The summed E-state index contributed by atoms with van der Waals surface area (Å²) in [6.07, 6.45) is -6.46. The van der Waals surface area contributed by atoms with Crippen LogP contribution in [0.25, 0.3) is 0 Å². The number of nitrogens with two attached hydrogens (primary N) is 1. The van der Waals surface area contributed by atoms with E-state index in [2.05, 4.69) is 42.5 Å². The van der Waals surface area contributed by atoms with Crippen molar-refractivity contribution in [2.45, 2.75) is 172 Å². The number of carbonyl (C=O) groups excluding carboxylic acids is 9. The van der Waals surface area contributed by atoms with Gasteiger partial charge >= 0.3 is 29.8 Å². The van der Waals surface area contributed by atoms with Crippen LogP contribution >= 0.6 is 0 Å². The standard InChI is InChI=1S/C51H76N10O20/c1-25(2)20-29(52)43(72)57-34(23-41(70)71)48(77)56-31(14-17-39(66)67)45(74)55-32(15-18-40(68)69)46(75)60-42(27(5)62)49(78)53-24-37(63)54-30(13-16-38(64)65)44(73)58-33(22-28-10-7-6-8-11-28)47(76)59-35(21-26(3)4)50(79)61-19-9-12-36(61)51(80)81/h6-8,10-11,25-27,29-36,42,62H,9,12-24,52H2,1-5H3,(H,53,78)(H,54,63)(H,55,74)(H,56,77)(H,57,72)(H,58,73)(H,59,76)(H,60,75)(H,64,65)(H,66,67)(H,68,69)(H,70,71)(H,80,81)/t27-,29+,30+,31+,32+,33+,34+,35+,36+,42+/m1/s1. The summed E-state index contributed by atoms with van der Waals surface area (Å²) in [5.41, 5.74) is 6.40. The number of likely N-dealkylation sites (tertiary alicyclic amines) is 1. The van der Waals surface area contributed by atoms with Gasteiger partial charge in [0.15, 0.2) is 0 Å². The van der Waals surface area contributed by atoms with Crippen LogP contribution in [0.15, 0.2) is 30.3 Å². The molecule has 16 N–H and O–H groups in total. The van der Waals surface area contributed by atoms with Crippen LogP contribution in [0.1, 0.15) is 111 Å². The number of nitrogens with zero attached hydrogens (tertiary/aromatic N) is 1. The molecule has 9 amide bonds. The molecule has 450 valence electrons. The molecule has 10 atom stereocenters. The Labute approximate surface area is 465 Å². The third kappa shape index (κ3) is 25.2. The quantitative estimate of drug-likeness (QED) is 0.0313. The van der Waals surface area contributed by atoms with Gasteiger partial charge in [0.2, 0.25) is 53.2 Å². The fourth-order valence-electron chi connectivity index (χ4n) is 8.40. The van der Waals surface area contributed by atoms with Gasteiger partial charge < -0.3 is 83.8 Å². The molecule has 0 radical (unpaired) electrons. The molecule has 1 fully saturated rings. The van der Waals surface area contributed by atoms with Crippen molar-refractivity contribution in [3.05, 3.63) is 35.9 Å². The van der Waals surface area contributed by atoms with Crippen LogP contribution in [-0.4, -0.2) is 192 Å². The number of amides is 9. The van der Waals surface area contributed by atoms with Crippen LogP contribution in [0.4, 0.5) is 0 Å². The smallest absolute Gasteiger partial charge is 0.326 e. The van der Waals surface area contributed by atoms with Crippen LogP contribution in [0.5, 0.6) is 0 Å². The largest absolute Gasteiger partial charge is 0.481 e. The van der Waals surface area contributed by atoms with Gasteiger partial charge in [-0.15, -0.1) is 0 Å². The zero-order valence-electron chi connectivity index (χ0n) is 45.6. The topological polar surface area (TPSA) is 486 Å². The molecule has 0 aliphatic carbocycles. The lowest BCUT2D eigenvalue weighted by Gasteiger charge is -2.30. The summed E-state index contributed by atoms with van der Waals surface area (Å²) in [4.78, 5) is 182. The minimum absolute atomic E-state index is 0.0834. The zero-order valence-corrected chi connectivity index (χ0v) is 45.6. The van der Waals surface area contributed by atoms with Crippen LogP contribution < -0.4 is 48.3 Å². The molecule has 2 rings (SSSR count). The minimum Gasteiger partial charge on any atom is -0.481 e. The van der Waals surface area contributed by atoms with Gasteiger partial charge in [-0.1, -0.05) is 58.0 Å². The second-order valence-electron chi connectivity index (χ2n) is 20.3. The first-order valence-corrected chi connectivity index (χ1v) is 26.2. The zero-order chi connectivity index (χ0) is 61.3. The van der Waals surface area contributed by atoms with Gasteiger partial charge in [-0.25, -0.2) is 4.79 Å². The monoisotopic (exact) mass is 1150 g/mol. The van der Waals surface area contributed by atoms with E-state index in [1.165, 1.54) is 4.90 Å². The highest BCUT2D eigenvalue weighted by Gasteiger charge is 2.40. The summed E-state index contributed by atoms with van der Waals surface area (Å²) in [5.74, 6) is -17.3. The fourth-order valence-corrected chi connectivity index (χ4v) is 8.40. The fraction of sp³-hybridized carbons (Fsp3) is 0.608. The van der Waals surface area contributed by atoms with E-state index in [-0.39, 0.29) is 44.1 Å². The second-order valence-corrected chi connectivity index (χ2v) is 20.3. The molecule has 30 heteroatoms. The minimum atomic E-state index is -1.98. The first-order valence-electron chi connectivity index (χ1n) is 26.2. The molecule has 0 bridgehead atoms. The third-order valence-corrected chi connectivity index (χ3v) is 12.5. The number of carbonyl (C=O) groups is 14. The van der Waals surface area contributed by atoms with Crippen LogP contribution in [0, 0.1) is 11.8 Å². The van der Waals surface area contributed by atoms with Crippen LogP contribution in [0.3, 0.4) is 0 Å². The van der Waals surface area contributed by atoms with Crippen molar-refractivity contribution in [3.8, 4) is 0 Å². The van der Waals surface area contributed by atoms with Crippen molar-refractivity contribution in [2.24, 2.45) is 17.6 Å². The Morgan fingerprint density at radius 2 is 0.988 bits per heavy atom. The molecule has 30 nitrogen and oxygen atoms in total. The van der Waals surface area contributed by atoms with Crippen molar-refractivity contribution in [1.29, 1.82) is 0 Å². The predicted molar refractivity (Wildman–Crippen MR) is 280 cm³/mol. The van der Waals surface area contributed by atoms with E-state index in [1.807, 2.05) is 0 Å². The Morgan fingerprint density at radius 1 is 0.543 bits per heavy atom. The van der Waals surface area contributed by atoms with Gasteiger partial charge in [0.25, 0.3) is 0 Å². The van der Waals surface area contributed by atoms with E-state index in [0.717, 1.165) is 6.92 Å². The van der Waals surface area contributed by atoms with E-state index in [9.17, 15) is 97.8 Å². The van der Waals surface area contributed by atoms with Gasteiger partial charge in [0.1, 0.15) is 48.3 Å². The molecule has 1 aliphatic heterocycles. The molecule has 81 heavy (non-hydrogen) atoms. The maximum atomic E-state index is 14.1. The highest BCUT2D eigenvalue weighted by molar-refractivity contribution is 5.99. The second kappa shape index (κ2) is 34.0. The van der Waals surface area contributed by atoms with Gasteiger partial charge in [0, 0.05) is 32.2 Å². The first kappa shape index (κ1) is 68.8. The molecule has 0 saturated carbocycles. The molecule has 1 heterocycles. The Hall–Kier alpha value is -8.28. The number of aliphatic hydroxyl groups is 1. The van der Waals surface area contributed by atoms with Gasteiger partial charge in [-0.05, 0) is 69.3 Å². The summed E-state index contributed by atoms with van der Waals surface area (Å²) in [6.45, 7) is 7.17. The van der Waals surface area contributed by atoms with Crippen molar-refractivity contribution in [3.63, 3.8) is 0 Å². The Morgan fingerprint density at radius 3 is 1.46 bits per heavy atom. The summed E-state index contributed by atoms with van der Waals surface area (Å²) in [5, 5.41) is 76.3. The van der Waals surface area contributed by atoms with Gasteiger partial charge in [-0.2, -0.15) is 0 Å². The number of aliphatic carboxylic acids is 5. The number of rotatable bonds is 36. The van der Waals surface area contributed by atoms with E-state index < -0.39 is 195 Å². The molecule has 1 saturated heterocycles. The Bertz CT molecular complexity index is 2420. The van der Waals surface area contributed by atoms with Gasteiger partial charge in [-0.3, -0.25) is 62.3 Å². The molecule has 1 aromatic rings. The van der Waals surface area contributed by atoms with Crippen molar-refractivity contribution in [2.75, 3.05) is 13.1 Å². The maximum absolute atomic E-state index is 14.1. The Kier molecular flexibility index (Phi) is 28.9. The lowest BCUT2D eigenvalue weighted by Crippen LogP contribution is -2.60. The van der Waals surface area contributed by atoms with E-state index in [1.54, 1.807) is 58.0 Å². The normalized spacial score (nSPS) is 16.3. The summed E-state index contributed by atoms with van der Waals surface area (Å²) >= 11 is 0. The lowest BCUT2D eigenvalue weighted by molar-refractivity contribution is -0.149. The van der Waals surface area contributed by atoms with Crippen LogP contribution in [0.2, 0.25) is 0 Å². The number of carboxylic acid groups (broad SMARTS) is 5. The average Bonchev–Trinajstić information content (AvgIpc) is 3.88. The first-order chi connectivity index (χ1) is 37.9. The average molecular weight is 1150 g/mol. The van der Waals surface area contributed by atoms with E-state index >= 15 is 0 Å². The SMILES string of the molecule is CC(C)C[C@H](NC(=O)[C@H](Cc1ccccc1)NC(=O)[C@H](CCC(=O)O)NC(=O)CNC(=O)[C@@H](NC(=O)[C@H](CCC(=O)O)NC(=O)[C@H](CCC(=O)O)NC(=O)[C@H](CC(=O)O)NC(=O)[C@@H](N)CC(C)C)[C@@H](C)O)C(=O)N1CCC[C@H]1C(=O)O. The molecule has 0 spiro atoms. The summed E-state index contributed by atoms with van der Waals surface area (Å²) in [6, 6.07) is -6.04. The molecule has 0 aromatic heterocycles. The number of hydrogen-bond acceptors (Lipinski definition) is 16. The number of carboxylic acids is 5. The van der Waals surface area contributed by atoms with Crippen molar-refractivity contribution >= 4 is 83.0 Å². The number of nitrogens with one attached hydrogen (secondary N) is 8. The third-order valence-electron chi connectivity index (χ3n) is 12.5. The predicted octanol–water partition coefficient (Wildman–Crippen LogP) is -3.32. The maximum Gasteiger partial charge on any atom is 0.326 e. The summed E-state index contributed by atoms with van der Waals surface area (Å²) < 4.78 is 0. The molecule has 1 aromatic carbocycles. The number of benzene rings is 1. The Balaban J connectivity index is 2.34. The van der Waals surface area contributed by atoms with E-state index in [4.69, 9.17) is 5.73 Å². The number of aliphatic hydroxyl groups excluding tert-OH is 1. The number of hydrogen-bond donors (Lipinski definition) is 15. The molecular weight excluding hydrogens is 1070 g/mol. The van der Waals surface area contributed by atoms with Crippen molar-refractivity contribution < 1.29 is 97.8 Å². The van der Waals surface area contributed by atoms with Gasteiger partial charge in [0.05, 0.1) is 25.1 Å². The highest BCUT2D eigenvalue weighted by atomic mass is 16.4. The highest BCUT2D eigenvalue weighted by Crippen LogP contribution is 2.21. The van der Waals surface area contributed by atoms with Crippen LogP contribution in [-0.2, 0) is 73.5 Å². The molecular formula is C51H76N10O20. The summed E-state index contributed by atoms with van der Waals surface area (Å²) in [7, 11) is 0. The van der Waals surface area contributed by atoms with Crippen molar-refractivity contribution in [1.82, 2.24) is 47.4 Å². The molecule has 0 unspecified atom stereocenters.